The van der Waals surface area contributed by atoms with E-state index in [2.05, 4.69) is 5.32 Å². The van der Waals surface area contributed by atoms with Crippen molar-refractivity contribution in [1.29, 1.82) is 0 Å². The first-order chi connectivity index (χ1) is 16.3. The molecule has 10 heteroatoms. The van der Waals surface area contributed by atoms with Crippen LogP contribution in [0.2, 0.25) is 5.02 Å². The van der Waals surface area contributed by atoms with Crippen molar-refractivity contribution in [1.82, 2.24) is 10.2 Å². The van der Waals surface area contributed by atoms with E-state index in [0.29, 0.717) is 17.0 Å². The minimum absolute atomic E-state index is 0.120. The molecule has 2 aromatic rings. The van der Waals surface area contributed by atoms with Crippen LogP contribution in [-0.4, -0.2) is 66.9 Å². The third kappa shape index (κ3) is 5.98. The van der Waals surface area contributed by atoms with E-state index in [0.717, 1.165) is 5.56 Å². The number of hydrogen-bond acceptors (Lipinski definition) is 6. The number of rotatable bonds is 7. The Morgan fingerprint density at radius 3 is 2.68 bits per heavy atom. The predicted octanol–water partition coefficient (Wildman–Crippen LogP) is 2.83. The maximum Gasteiger partial charge on any atom is 0.325 e. The number of benzene rings is 2. The molecular formula is C24H28ClN3O6. The molecule has 0 aromatic heterocycles. The number of fused-ring (bicyclic) bond motifs is 1. The minimum Gasteiger partial charge on any atom is -0.491 e. The summed E-state index contributed by atoms with van der Waals surface area (Å²) in [5, 5.41) is 11.7. The molecule has 1 unspecified atom stereocenters. The number of para-hydroxylation sites is 1. The quantitative estimate of drug-likeness (QED) is 0.579. The molecule has 0 aliphatic carbocycles. The lowest BCUT2D eigenvalue weighted by atomic mass is 10.1. The van der Waals surface area contributed by atoms with E-state index < -0.39 is 12.0 Å². The smallest absolute Gasteiger partial charge is 0.325 e. The molecule has 1 heterocycles. The van der Waals surface area contributed by atoms with E-state index >= 15 is 0 Å². The molecule has 9 nitrogen and oxygen atoms in total. The van der Waals surface area contributed by atoms with Gasteiger partial charge < -0.3 is 29.7 Å². The van der Waals surface area contributed by atoms with Crippen LogP contribution in [0.5, 0.6) is 5.75 Å². The second-order valence-corrected chi connectivity index (χ2v) is 8.11. The van der Waals surface area contributed by atoms with Crippen molar-refractivity contribution in [2.45, 2.75) is 26.4 Å². The van der Waals surface area contributed by atoms with E-state index in [1.165, 1.54) is 6.07 Å². The topological polar surface area (TPSA) is 108 Å². The number of urea groups is 1. The van der Waals surface area contributed by atoms with E-state index in [-0.39, 0.29) is 56.4 Å². The van der Waals surface area contributed by atoms with Crippen LogP contribution in [0.25, 0.3) is 0 Å². The first-order valence-corrected chi connectivity index (χ1v) is 11.4. The SMILES string of the molecule is CCOC(=O)CNC(=O)N1Cc2ccccc2N(C(=O)c2ccc(OCCO)cc2Cl)CC1C. The maximum absolute atomic E-state index is 13.6. The summed E-state index contributed by atoms with van der Waals surface area (Å²) in [7, 11) is 0. The van der Waals surface area contributed by atoms with E-state index in [4.69, 9.17) is 26.2 Å². The Morgan fingerprint density at radius 1 is 1.21 bits per heavy atom. The van der Waals surface area contributed by atoms with Gasteiger partial charge in [0, 0.05) is 24.8 Å². The van der Waals surface area contributed by atoms with Gasteiger partial charge in [0.25, 0.3) is 5.91 Å². The molecule has 1 aliphatic heterocycles. The molecule has 2 N–H and O–H groups in total. The van der Waals surface area contributed by atoms with Crippen LogP contribution in [-0.2, 0) is 16.1 Å². The number of hydrogen-bond donors (Lipinski definition) is 2. The number of nitrogens with one attached hydrogen (secondary N) is 1. The summed E-state index contributed by atoms with van der Waals surface area (Å²) in [6, 6.07) is 11.3. The Bertz CT molecular complexity index is 1050. The van der Waals surface area contributed by atoms with Crippen LogP contribution in [0.15, 0.2) is 42.5 Å². The first kappa shape index (κ1) is 25.3. The number of anilines is 1. The molecule has 1 atom stereocenters. The van der Waals surface area contributed by atoms with Crippen LogP contribution in [0.1, 0.15) is 29.8 Å². The van der Waals surface area contributed by atoms with Crippen LogP contribution >= 0.6 is 11.6 Å². The molecule has 1 aliphatic rings. The molecule has 0 spiro atoms. The van der Waals surface area contributed by atoms with E-state index in [9.17, 15) is 14.4 Å². The number of halogens is 1. The average molecular weight is 490 g/mol. The zero-order valence-corrected chi connectivity index (χ0v) is 19.9. The summed E-state index contributed by atoms with van der Waals surface area (Å²) in [6.45, 7) is 4.00. The number of aliphatic hydroxyl groups is 1. The average Bonchev–Trinajstić information content (AvgIpc) is 2.97. The number of carbonyl (C=O) groups excluding carboxylic acids is 3. The van der Waals surface area contributed by atoms with Gasteiger partial charge in [-0.2, -0.15) is 0 Å². The number of carbonyl (C=O) groups is 3. The van der Waals surface area contributed by atoms with E-state index in [1.54, 1.807) is 28.9 Å². The normalized spacial score (nSPS) is 15.2. The fraction of sp³-hybridized carbons (Fsp3) is 0.375. The lowest BCUT2D eigenvalue weighted by Crippen LogP contribution is -2.49. The zero-order valence-electron chi connectivity index (χ0n) is 19.1. The highest BCUT2D eigenvalue weighted by Gasteiger charge is 2.32. The van der Waals surface area contributed by atoms with Crippen LogP contribution in [0.4, 0.5) is 10.5 Å². The summed E-state index contributed by atoms with van der Waals surface area (Å²) in [5.41, 5.74) is 1.75. The fourth-order valence-electron chi connectivity index (χ4n) is 3.70. The van der Waals surface area contributed by atoms with Gasteiger partial charge in [-0.15, -0.1) is 0 Å². The summed E-state index contributed by atoms with van der Waals surface area (Å²) in [5.74, 6) is -0.381. The van der Waals surface area contributed by atoms with Crippen molar-refractivity contribution in [2.75, 3.05) is 37.8 Å². The Hall–Kier alpha value is -3.30. The van der Waals surface area contributed by atoms with Gasteiger partial charge in [0.05, 0.1) is 23.8 Å². The monoisotopic (exact) mass is 489 g/mol. The minimum atomic E-state index is -0.517. The molecule has 0 saturated carbocycles. The summed E-state index contributed by atoms with van der Waals surface area (Å²) in [6.07, 6.45) is 0. The second kappa shape index (κ2) is 11.7. The number of aliphatic hydroxyl groups excluding tert-OH is 1. The molecule has 182 valence electrons. The lowest BCUT2D eigenvalue weighted by molar-refractivity contribution is -0.141. The highest BCUT2D eigenvalue weighted by molar-refractivity contribution is 6.34. The number of esters is 1. The summed E-state index contributed by atoms with van der Waals surface area (Å²) in [4.78, 5) is 41.2. The highest BCUT2D eigenvalue weighted by atomic mass is 35.5. The fourth-order valence-corrected chi connectivity index (χ4v) is 3.95. The van der Waals surface area contributed by atoms with Crippen molar-refractivity contribution in [3.63, 3.8) is 0 Å². The van der Waals surface area contributed by atoms with Gasteiger partial charge in [0.2, 0.25) is 0 Å². The van der Waals surface area contributed by atoms with Crippen LogP contribution in [0, 0.1) is 0 Å². The van der Waals surface area contributed by atoms with Gasteiger partial charge in [0.1, 0.15) is 18.9 Å². The van der Waals surface area contributed by atoms with Crippen molar-refractivity contribution >= 4 is 35.2 Å². The number of ether oxygens (including phenoxy) is 2. The zero-order chi connectivity index (χ0) is 24.7. The Balaban J connectivity index is 1.84. The van der Waals surface area contributed by atoms with Gasteiger partial charge in [0.15, 0.2) is 0 Å². The van der Waals surface area contributed by atoms with Gasteiger partial charge in [-0.1, -0.05) is 29.8 Å². The Kier molecular flexibility index (Phi) is 8.72. The molecule has 3 amide bonds. The van der Waals surface area contributed by atoms with Gasteiger partial charge in [-0.3, -0.25) is 9.59 Å². The molecule has 0 radical (unpaired) electrons. The molecule has 0 bridgehead atoms. The second-order valence-electron chi connectivity index (χ2n) is 7.70. The van der Waals surface area contributed by atoms with Gasteiger partial charge in [-0.05, 0) is 43.7 Å². The molecule has 2 aromatic carbocycles. The van der Waals surface area contributed by atoms with Crippen LogP contribution in [0.3, 0.4) is 0 Å². The van der Waals surface area contributed by atoms with Crippen molar-refractivity contribution < 1.29 is 29.0 Å². The van der Waals surface area contributed by atoms with Crippen molar-refractivity contribution in [3.8, 4) is 5.75 Å². The van der Waals surface area contributed by atoms with E-state index in [1.807, 2.05) is 31.2 Å². The Morgan fingerprint density at radius 2 is 1.97 bits per heavy atom. The molecule has 0 saturated heterocycles. The number of nitrogens with zero attached hydrogens (tertiary/aromatic N) is 2. The largest absolute Gasteiger partial charge is 0.491 e. The first-order valence-electron chi connectivity index (χ1n) is 11.0. The van der Waals surface area contributed by atoms with Crippen molar-refractivity contribution in [3.05, 3.63) is 58.6 Å². The lowest BCUT2D eigenvalue weighted by Gasteiger charge is -2.29. The molecule has 3 rings (SSSR count). The standard InChI is InChI=1S/C24H28ClN3O6/c1-3-33-22(30)13-26-24(32)27-15-17-6-4-5-7-21(17)28(14-16(27)2)23(31)19-9-8-18(12-20(19)25)34-11-10-29/h4-9,12,16,29H,3,10-11,13-15H2,1-2H3,(H,26,32). The molecule has 0 fully saturated rings. The molecular weight excluding hydrogens is 462 g/mol. The van der Waals surface area contributed by atoms with Crippen molar-refractivity contribution in [2.24, 2.45) is 0 Å². The van der Waals surface area contributed by atoms with Gasteiger partial charge in [-0.25, -0.2) is 4.79 Å². The number of amides is 3. The highest BCUT2D eigenvalue weighted by Crippen LogP contribution is 2.31. The Labute approximate surface area is 203 Å². The summed E-state index contributed by atoms with van der Waals surface area (Å²) >= 11 is 6.39. The van der Waals surface area contributed by atoms with Gasteiger partial charge >= 0.3 is 12.0 Å². The summed E-state index contributed by atoms with van der Waals surface area (Å²) < 4.78 is 10.2. The predicted molar refractivity (Wildman–Crippen MR) is 127 cm³/mol. The maximum atomic E-state index is 13.6. The third-order valence-electron chi connectivity index (χ3n) is 5.33. The third-order valence-corrected chi connectivity index (χ3v) is 5.64. The molecule has 34 heavy (non-hydrogen) atoms. The van der Waals surface area contributed by atoms with Crippen LogP contribution < -0.4 is 15.0 Å².